The number of alkyl halides is 3. The smallest absolute Gasteiger partial charge is 0.354 e. The Morgan fingerprint density at radius 1 is 1.33 bits per heavy atom. The molecule has 2 fully saturated rings. The molecular weight excluding hydrogens is 245 g/mol. The van der Waals surface area contributed by atoms with Gasteiger partial charge in [-0.05, 0) is 43.9 Å². The van der Waals surface area contributed by atoms with Gasteiger partial charge in [0.15, 0.2) is 5.54 Å². The maximum absolute atomic E-state index is 12.5. The third-order valence-corrected chi connectivity index (χ3v) is 4.47. The number of hydrogen-bond donors (Lipinski definition) is 2. The number of hydrogen-bond acceptors (Lipinski definition) is 2. The average Bonchev–Trinajstić information content (AvgIpc) is 2.85. The van der Waals surface area contributed by atoms with Gasteiger partial charge in [0.25, 0.3) is 0 Å². The van der Waals surface area contributed by atoms with Crippen molar-refractivity contribution in [3.8, 4) is 0 Å². The lowest BCUT2D eigenvalue weighted by Gasteiger charge is -2.28. The molecule has 6 heteroatoms. The quantitative estimate of drug-likeness (QED) is 0.817. The molecule has 4 unspecified atom stereocenters. The Balaban J connectivity index is 1.85. The molecule has 18 heavy (non-hydrogen) atoms. The van der Waals surface area contributed by atoms with Crippen LogP contribution in [0.2, 0.25) is 0 Å². The van der Waals surface area contributed by atoms with Crippen molar-refractivity contribution in [2.24, 2.45) is 23.5 Å². The molecule has 2 bridgehead atoms. The molecular formula is C12H19F3N2O. The van der Waals surface area contributed by atoms with Gasteiger partial charge < -0.3 is 11.1 Å². The van der Waals surface area contributed by atoms with Crippen LogP contribution >= 0.6 is 0 Å². The summed E-state index contributed by atoms with van der Waals surface area (Å²) in [6.45, 7) is 1.03. The highest BCUT2D eigenvalue weighted by Gasteiger charge is 2.54. The molecule has 2 aliphatic rings. The highest BCUT2D eigenvalue weighted by molar-refractivity contribution is 5.86. The van der Waals surface area contributed by atoms with Crippen LogP contribution in [0, 0.1) is 17.8 Å². The van der Waals surface area contributed by atoms with Gasteiger partial charge in [0.2, 0.25) is 5.91 Å². The van der Waals surface area contributed by atoms with Crippen molar-refractivity contribution in [1.29, 1.82) is 0 Å². The van der Waals surface area contributed by atoms with E-state index in [4.69, 9.17) is 5.73 Å². The van der Waals surface area contributed by atoms with Crippen molar-refractivity contribution in [2.75, 3.05) is 6.54 Å². The maximum Gasteiger partial charge on any atom is 0.415 e. The fourth-order valence-electron chi connectivity index (χ4n) is 3.16. The summed E-state index contributed by atoms with van der Waals surface area (Å²) in [5.41, 5.74) is 2.26. The zero-order chi connectivity index (χ0) is 13.6. The van der Waals surface area contributed by atoms with Crippen molar-refractivity contribution in [2.45, 2.75) is 44.3 Å². The van der Waals surface area contributed by atoms with Gasteiger partial charge in [-0.25, -0.2) is 0 Å². The monoisotopic (exact) mass is 264 g/mol. The summed E-state index contributed by atoms with van der Waals surface area (Å²) < 4.78 is 37.6. The molecule has 0 spiro atoms. The minimum absolute atomic E-state index is 0.322. The van der Waals surface area contributed by atoms with Gasteiger partial charge in [0.05, 0.1) is 0 Å². The molecule has 0 radical (unpaired) electrons. The molecule has 3 nitrogen and oxygen atoms in total. The number of halogens is 3. The second-order valence-corrected chi connectivity index (χ2v) is 5.85. The minimum atomic E-state index is -4.72. The molecule has 0 saturated heterocycles. The molecule has 0 heterocycles. The molecule has 1 amide bonds. The summed E-state index contributed by atoms with van der Waals surface area (Å²) in [6.07, 6.45) is -0.152. The van der Waals surface area contributed by atoms with E-state index in [2.05, 4.69) is 5.32 Å². The summed E-state index contributed by atoms with van der Waals surface area (Å²) in [6, 6.07) is 0. The van der Waals surface area contributed by atoms with Crippen LogP contribution in [0.1, 0.15) is 32.6 Å². The van der Waals surface area contributed by atoms with Gasteiger partial charge in [0.1, 0.15) is 0 Å². The summed E-state index contributed by atoms with van der Waals surface area (Å²) in [5.74, 6) is 0.489. The number of nitrogens with two attached hydrogens (primary N) is 1. The van der Waals surface area contributed by atoms with E-state index in [-0.39, 0.29) is 0 Å². The Morgan fingerprint density at radius 2 is 2.00 bits per heavy atom. The van der Waals surface area contributed by atoms with Crippen molar-refractivity contribution in [3.63, 3.8) is 0 Å². The Kier molecular flexibility index (Phi) is 3.34. The van der Waals surface area contributed by atoms with Crippen molar-refractivity contribution >= 4 is 5.91 Å². The molecule has 3 N–H and O–H groups in total. The highest BCUT2D eigenvalue weighted by atomic mass is 19.4. The standard InChI is InChI=1S/C12H19F3N2O/c1-11(16,12(13,14)15)10(18)17-6-9-5-7-2-3-8(9)4-7/h7-9H,2-6,16H2,1H3,(H,17,18). The second kappa shape index (κ2) is 4.40. The lowest BCUT2D eigenvalue weighted by Crippen LogP contribution is -2.61. The minimum Gasteiger partial charge on any atom is -0.354 e. The molecule has 2 aliphatic carbocycles. The van der Waals surface area contributed by atoms with Crippen LogP contribution in [-0.4, -0.2) is 24.2 Å². The number of amides is 1. The first-order valence-corrected chi connectivity index (χ1v) is 6.35. The maximum atomic E-state index is 12.5. The SMILES string of the molecule is CC(N)(C(=O)NCC1CC2CCC1C2)C(F)(F)F. The van der Waals surface area contributed by atoms with Gasteiger partial charge in [0, 0.05) is 6.54 Å². The number of carbonyl (C=O) groups excluding carboxylic acids is 1. The Bertz CT molecular complexity index is 341. The number of fused-ring (bicyclic) bond motifs is 2. The normalized spacial score (nSPS) is 34.4. The summed E-state index contributed by atoms with van der Waals surface area (Å²) in [5, 5.41) is 2.37. The summed E-state index contributed by atoms with van der Waals surface area (Å²) >= 11 is 0. The Morgan fingerprint density at radius 3 is 2.44 bits per heavy atom. The van der Waals surface area contributed by atoms with Crippen LogP contribution in [0.4, 0.5) is 13.2 Å². The van der Waals surface area contributed by atoms with Crippen LogP contribution in [0.25, 0.3) is 0 Å². The summed E-state index contributed by atoms with van der Waals surface area (Å²) in [7, 11) is 0. The molecule has 2 rings (SSSR count). The molecule has 0 aromatic carbocycles. The van der Waals surface area contributed by atoms with Crippen LogP contribution in [-0.2, 0) is 4.79 Å². The van der Waals surface area contributed by atoms with Crippen LogP contribution in [0.5, 0.6) is 0 Å². The first kappa shape index (κ1) is 13.6. The lowest BCUT2D eigenvalue weighted by molar-refractivity contribution is -0.187. The second-order valence-electron chi connectivity index (χ2n) is 5.85. The van der Waals surface area contributed by atoms with E-state index in [0.717, 1.165) is 12.8 Å². The number of nitrogens with one attached hydrogen (secondary N) is 1. The highest BCUT2D eigenvalue weighted by Crippen LogP contribution is 2.48. The first-order chi connectivity index (χ1) is 8.22. The largest absolute Gasteiger partial charge is 0.415 e. The van der Waals surface area contributed by atoms with E-state index < -0.39 is 17.6 Å². The topological polar surface area (TPSA) is 55.1 Å². The molecule has 0 aromatic heterocycles. The first-order valence-electron chi connectivity index (χ1n) is 6.35. The molecule has 0 aromatic rings. The zero-order valence-electron chi connectivity index (χ0n) is 10.4. The van der Waals surface area contributed by atoms with Gasteiger partial charge in [-0.2, -0.15) is 13.2 Å². The fraction of sp³-hybridized carbons (Fsp3) is 0.917. The van der Waals surface area contributed by atoms with Crippen LogP contribution in [0.15, 0.2) is 0 Å². The van der Waals surface area contributed by atoms with Crippen molar-refractivity contribution < 1.29 is 18.0 Å². The molecule has 4 atom stereocenters. The van der Waals surface area contributed by atoms with Gasteiger partial charge in [-0.3, -0.25) is 4.79 Å². The van der Waals surface area contributed by atoms with Gasteiger partial charge in [-0.1, -0.05) is 6.42 Å². The van der Waals surface area contributed by atoms with Crippen LogP contribution in [0.3, 0.4) is 0 Å². The lowest BCUT2D eigenvalue weighted by atomic mass is 9.88. The zero-order valence-corrected chi connectivity index (χ0v) is 10.4. The van der Waals surface area contributed by atoms with Crippen LogP contribution < -0.4 is 11.1 Å². The molecule has 0 aliphatic heterocycles. The van der Waals surface area contributed by atoms with Gasteiger partial charge >= 0.3 is 6.18 Å². The van der Waals surface area contributed by atoms with E-state index in [1.54, 1.807) is 0 Å². The van der Waals surface area contributed by atoms with E-state index in [0.29, 0.717) is 31.2 Å². The Hall–Kier alpha value is -0.780. The average molecular weight is 264 g/mol. The summed E-state index contributed by atoms with van der Waals surface area (Å²) in [4.78, 5) is 11.5. The predicted molar refractivity (Wildman–Crippen MR) is 60.6 cm³/mol. The van der Waals surface area contributed by atoms with E-state index >= 15 is 0 Å². The number of carbonyl (C=O) groups is 1. The van der Waals surface area contributed by atoms with Crippen molar-refractivity contribution in [3.05, 3.63) is 0 Å². The van der Waals surface area contributed by atoms with Crippen molar-refractivity contribution in [1.82, 2.24) is 5.32 Å². The fourth-order valence-corrected chi connectivity index (χ4v) is 3.16. The third kappa shape index (κ3) is 2.35. The molecule has 104 valence electrons. The molecule has 2 saturated carbocycles. The van der Waals surface area contributed by atoms with E-state index in [1.807, 2.05) is 0 Å². The van der Waals surface area contributed by atoms with Gasteiger partial charge in [-0.15, -0.1) is 0 Å². The van der Waals surface area contributed by atoms with E-state index in [1.165, 1.54) is 12.8 Å². The number of rotatable bonds is 3. The van der Waals surface area contributed by atoms with E-state index in [9.17, 15) is 18.0 Å². The Labute approximate surface area is 104 Å². The third-order valence-electron chi connectivity index (χ3n) is 4.47. The predicted octanol–water partition coefficient (Wildman–Crippen LogP) is 1.82.